The Bertz CT molecular complexity index is 1580. The number of hydrogen-bond donors (Lipinski definition) is 1. The molecule has 0 unspecified atom stereocenters. The van der Waals surface area contributed by atoms with Crippen LogP contribution >= 0.6 is 34.5 Å². The van der Waals surface area contributed by atoms with Crippen LogP contribution in [-0.4, -0.2) is 42.2 Å². The minimum atomic E-state index is 0.585. The quantitative estimate of drug-likeness (QED) is 0.128. The third-order valence-electron chi connectivity index (χ3n) is 8.11. The molecule has 0 atom stereocenters. The second-order valence-electron chi connectivity index (χ2n) is 11.4. The summed E-state index contributed by atoms with van der Waals surface area (Å²) < 4.78 is 6.06. The fourth-order valence-corrected chi connectivity index (χ4v) is 6.85. The van der Waals surface area contributed by atoms with Gasteiger partial charge in [-0.25, -0.2) is 4.98 Å². The van der Waals surface area contributed by atoms with Gasteiger partial charge < -0.3 is 10.1 Å². The van der Waals surface area contributed by atoms with Gasteiger partial charge in [-0.3, -0.25) is 9.80 Å². The van der Waals surface area contributed by atoms with E-state index in [0.29, 0.717) is 22.7 Å². The Morgan fingerprint density at radius 3 is 2.18 bits per heavy atom. The van der Waals surface area contributed by atoms with E-state index >= 15 is 0 Å². The van der Waals surface area contributed by atoms with Crippen LogP contribution in [0.25, 0.3) is 11.3 Å². The van der Waals surface area contributed by atoms with Crippen LogP contribution in [0.5, 0.6) is 5.75 Å². The molecule has 8 heteroatoms. The molecule has 1 N–H and O–H groups in total. The Hall–Kier alpha value is -3.39. The first-order chi connectivity index (χ1) is 22.1. The van der Waals surface area contributed by atoms with Crippen LogP contribution in [0.2, 0.25) is 10.0 Å². The Kier molecular flexibility index (Phi) is 11.1. The first-order valence-electron chi connectivity index (χ1n) is 15.6. The van der Waals surface area contributed by atoms with Gasteiger partial charge in [-0.2, -0.15) is 0 Å². The van der Waals surface area contributed by atoms with Crippen LogP contribution in [0, 0.1) is 0 Å². The molecule has 232 valence electrons. The predicted octanol–water partition coefficient (Wildman–Crippen LogP) is 10.00. The van der Waals surface area contributed by atoms with Crippen LogP contribution in [0.15, 0.2) is 109 Å². The van der Waals surface area contributed by atoms with Crippen molar-refractivity contribution in [2.24, 2.45) is 0 Å². The highest BCUT2D eigenvalue weighted by Crippen LogP contribution is 2.38. The third kappa shape index (κ3) is 8.66. The number of halogens is 2. The number of rotatable bonds is 13. The highest BCUT2D eigenvalue weighted by Gasteiger charge is 2.19. The van der Waals surface area contributed by atoms with Crippen molar-refractivity contribution in [1.82, 2.24) is 15.2 Å². The minimum absolute atomic E-state index is 0.585. The predicted molar refractivity (Wildman–Crippen MR) is 190 cm³/mol. The Balaban J connectivity index is 0.917. The van der Waals surface area contributed by atoms with Gasteiger partial charge in [-0.15, -0.1) is 11.3 Å². The molecule has 0 amide bonds. The van der Waals surface area contributed by atoms with Crippen molar-refractivity contribution in [1.29, 1.82) is 0 Å². The zero-order valence-electron chi connectivity index (χ0n) is 25.2. The number of piperidine rings is 1. The van der Waals surface area contributed by atoms with Gasteiger partial charge in [0.2, 0.25) is 0 Å². The Morgan fingerprint density at radius 2 is 1.51 bits per heavy atom. The van der Waals surface area contributed by atoms with Crippen LogP contribution < -0.4 is 15.0 Å². The number of nitrogens with zero attached hydrogens (tertiary/aromatic N) is 3. The van der Waals surface area contributed by atoms with Crippen molar-refractivity contribution in [2.75, 3.05) is 31.1 Å². The number of anilines is 3. The number of unbranched alkanes of at least 4 members (excludes halogenated alkanes) is 1. The molecule has 4 aromatic carbocycles. The fraction of sp³-hybridized carbons (Fsp3) is 0.270. The summed E-state index contributed by atoms with van der Waals surface area (Å²) >= 11 is 13.9. The Labute approximate surface area is 280 Å². The number of hydrogen-bond acceptors (Lipinski definition) is 6. The molecule has 1 fully saturated rings. The molecule has 0 radical (unpaired) electrons. The summed E-state index contributed by atoms with van der Waals surface area (Å²) in [5.41, 5.74) is 5.44. The fourth-order valence-electron chi connectivity index (χ4n) is 5.66. The lowest BCUT2D eigenvalue weighted by Crippen LogP contribution is -2.42. The van der Waals surface area contributed by atoms with E-state index in [1.54, 1.807) is 11.3 Å². The third-order valence-corrected chi connectivity index (χ3v) is 9.68. The molecule has 0 aliphatic carbocycles. The molecule has 0 bridgehead atoms. The van der Waals surface area contributed by atoms with Gasteiger partial charge in [0.05, 0.1) is 22.3 Å². The van der Waals surface area contributed by atoms with E-state index in [1.807, 2.05) is 36.4 Å². The van der Waals surface area contributed by atoms with E-state index in [0.717, 1.165) is 72.5 Å². The molecular weight excluding hydrogens is 619 g/mol. The maximum absolute atomic E-state index is 6.18. The van der Waals surface area contributed by atoms with Gasteiger partial charge in [0.15, 0.2) is 5.13 Å². The van der Waals surface area contributed by atoms with E-state index in [1.165, 1.54) is 18.4 Å². The zero-order valence-corrected chi connectivity index (χ0v) is 27.6. The van der Waals surface area contributed by atoms with Crippen molar-refractivity contribution in [3.63, 3.8) is 0 Å². The molecule has 1 aromatic heterocycles. The normalized spacial score (nSPS) is 14.0. The standard InChI is InChI=1S/C37H38Cl2N4OS/c38-34-18-13-28(25-35(34)39)26-42-22-19-30(20-23-42)40-21-7-8-24-44-33-16-14-29(15-17-33)36-27-45-37(41-36)43(31-9-3-1-4-10-31)32-11-5-2-6-12-32/h1-6,9-18,25,27,30,40H,7-8,19-24,26H2. The first kappa shape index (κ1) is 31.6. The minimum Gasteiger partial charge on any atom is -0.494 e. The van der Waals surface area contributed by atoms with Crippen molar-refractivity contribution in [3.05, 3.63) is 124 Å². The van der Waals surface area contributed by atoms with E-state index in [4.69, 9.17) is 32.9 Å². The van der Waals surface area contributed by atoms with Gasteiger partial charge in [-0.1, -0.05) is 65.7 Å². The zero-order chi connectivity index (χ0) is 30.8. The summed E-state index contributed by atoms with van der Waals surface area (Å²) in [5, 5.41) is 8.05. The van der Waals surface area contributed by atoms with E-state index in [2.05, 4.69) is 87.2 Å². The SMILES string of the molecule is Clc1ccc(CN2CCC(NCCCCOc3ccc(-c4csc(N(c5ccccc5)c5ccccc5)n4)cc3)CC2)cc1Cl. The van der Waals surface area contributed by atoms with Crippen LogP contribution in [0.4, 0.5) is 16.5 Å². The molecule has 45 heavy (non-hydrogen) atoms. The summed E-state index contributed by atoms with van der Waals surface area (Å²) in [6.07, 6.45) is 4.46. The van der Waals surface area contributed by atoms with E-state index < -0.39 is 0 Å². The number of aromatic nitrogens is 1. The summed E-state index contributed by atoms with van der Waals surface area (Å²) in [7, 11) is 0. The van der Waals surface area contributed by atoms with Crippen LogP contribution in [0.1, 0.15) is 31.2 Å². The summed E-state index contributed by atoms with van der Waals surface area (Å²) in [6, 6.07) is 35.6. The number of thiazole rings is 1. The highest BCUT2D eigenvalue weighted by molar-refractivity contribution is 7.14. The summed E-state index contributed by atoms with van der Waals surface area (Å²) in [5.74, 6) is 0.895. The lowest BCUT2D eigenvalue weighted by atomic mass is 10.0. The molecule has 2 heterocycles. The first-order valence-corrected chi connectivity index (χ1v) is 17.2. The van der Waals surface area contributed by atoms with Crippen molar-refractivity contribution in [2.45, 2.75) is 38.3 Å². The van der Waals surface area contributed by atoms with Gasteiger partial charge in [0.1, 0.15) is 5.75 Å². The number of para-hydroxylation sites is 2. The van der Waals surface area contributed by atoms with Crippen LogP contribution in [0.3, 0.4) is 0 Å². The number of likely N-dealkylation sites (tertiary alicyclic amines) is 1. The van der Waals surface area contributed by atoms with E-state index in [-0.39, 0.29) is 0 Å². The monoisotopic (exact) mass is 656 g/mol. The number of benzene rings is 4. The van der Waals surface area contributed by atoms with E-state index in [9.17, 15) is 0 Å². The van der Waals surface area contributed by atoms with Crippen molar-refractivity contribution in [3.8, 4) is 17.0 Å². The molecule has 1 aliphatic heterocycles. The second kappa shape index (κ2) is 15.7. The molecule has 0 saturated carbocycles. The van der Waals surface area contributed by atoms with Gasteiger partial charge >= 0.3 is 0 Å². The topological polar surface area (TPSA) is 40.6 Å². The van der Waals surface area contributed by atoms with Gasteiger partial charge in [0.25, 0.3) is 0 Å². The van der Waals surface area contributed by atoms with Gasteiger partial charge in [0, 0.05) is 34.9 Å². The van der Waals surface area contributed by atoms with Crippen molar-refractivity contribution < 1.29 is 4.74 Å². The smallest absolute Gasteiger partial charge is 0.195 e. The number of nitrogens with one attached hydrogen (secondary N) is 1. The molecule has 1 saturated heterocycles. The Morgan fingerprint density at radius 1 is 0.822 bits per heavy atom. The summed E-state index contributed by atoms with van der Waals surface area (Å²) in [6.45, 7) is 4.85. The van der Waals surface area contributed by atoms with Gasteiger partial charge in [-0.05, 0) is 112 Å². The van der Waals surface area contributed by atoms with Crippen molar-refractivity contribution >= 4 is 51.0 Å². The average molecular weight is 658 g/mol. The number of ether oxygens (including phenoxy) is 1. The largest absolute Gasteiger partial charge is 0.494 e. The van der Waals surface area contributed by atoms with Crippen LogP contribution in [-0.2, 0) is 6.54 Å². The molecule has 6 rings (SSSR count). The molecule has 1 aliphatic rings. The molecule has 5 aromatic rings. The molecule has 5 nitrogen and oxygen atoms in total. The lowest BCUT2D eigenvalue weighted by Gasteiger charge is -2.32. The highest BCUT2D eigenvalue weighted by atomic mass is 35.5. The maximum atomic E-state index is 6.18. The molecule has 0 spiro atoms. The average Bonchev–Trinajstić information content (AvgIpc) is 3.56. The second-order valence-corrected chi connectivity index (χ2v) is 13.0. The maximum Gasteiger partial charge on any atom is 0.195 e. The molecular formula is C37H38Cl2N4OS. The lowest BCUT2D eigenvalue weighted by molar-refractivity contribution is 0.190. The summed E-state index contributed by atoms with van der Waals surface area (Å²) in [4.78, 5) is 9.70.